The van der Waals surface area contributed by atoms with Gasteiger partial charge in [0.25, 0.3) is 0 Å². The van der Waals surface area contributed by atoms with E-state index in [2.05, 4.69) is 38.1 Å². The molecule has 0 spiro atoms. The average molecular weight is 162 g/mol. The van der Waals surface area contributed by atoms with E-state index in [1.165, 1.54) is 19.3 Å². The van der Waals surface area contributed by atoms with Crippen LogP contribution in [0.25, 0.3) is 0 Å². The second kappa shape index (κ2) is 3.28. The molecule has 0 aliphatic carbocycles. The van der Waals surface area contributed by atoms with Crippen LogP contribution >= 0.6 is 0 Å². The van der Waals surface area contributed by atoms with Crippen LogP contribution in [0.3, 0.4) is 0 Å². The van der Waals surface area contributed by atoms with Crippen molar-refractivity contribution in [2.24, 2.45) is 0 Å². The van der Waals surface area contributed by atoms with Gasteiger partial charge in [-0.15, -0.1) is 0 Å². The summed E-state index contributed by atoms with van der Waals surface area (Å²) in [6, 6.07) is 3.16. The molecule has 0 radical (unpaired) electrons. The van der Waals surface area contributed by atoms with Gasteiger partial charge in [0.2, 0.25) is 0 Å². The fraction of sp³-hybridized carbons (Fsp3) is 1.00. The quantitative estimate of drug-likeness (QED) is 0.520. The van der Waals surface area contributed by atoms with Crippen molar-refractivity contribution in [2.45, 2.75) is 55.5 Å². The van der Waals surface area contributed by atoms with Gasteiger partial charge in [0.1, 0.15) is 0 Å². The SMILES string of the molecule is [Li][C](C)(C)[Si]1(C)CCCCC1. The second-order valence-electron chi connectivity index (χ2n) is 5.37. The van der Waals surface area contributed by atoms with Crippen LogP contribution < -0.4 is 0 Å². The van der Waals surface area contributed by atoms with Crippen LogP contribution in [0.5, 0.6) is 0 Å². The summed E-state index contributed by atoms with van der Waals surface area (Å²) in [7, 11) is -0.838. The van der Waals surface area contributed by atoms with Gasteiger partial charge in [0.15, 0.2) is 0 Å². The number of hydrogen-bond acceptors (Lipinski definition) is 0. The van der Waals surface area contributed by atoms with Crippen molar-refractivity contribution in [3.63, 3.8) is 0 Å². The molecule has 1 aliphatic heterocycles. The van der Waals surface area contributed by atoms with Crippen molar-refractivity contribution in [3.05, 3.63) is 0 Å². The Morgan fingerprint density at radius 1 is 1.09 bits per heavy atom. The van der Waals surface area contributed by atoms with E-state index in [9.17, 15) is 0 Å². The fourth-order valence-corrected chi connectivity index (χ4v) is 5.89. The van der Waals surface area contributed by atoms with E-state index in [1.807, 2.05) is 0 Å². The summed E-state index contributed by atoms with van der Waals surface area (Å²) in [5, 5.41) is 0. The van der Waals surface area contributed by atoms with Crippen LogP contribution in [-0.4, -0.2) is 25.8 Å². The van der Waals surface area contributed by atoms with Crippen molar-refractivity contribution < 1.29 is 0 Å². The van der Waals surface area contributed by atoms with Gasteiger partial charge in [0, 0.05) is 0 Å². The number of hydrogen-bond donors (Lipinski definition) is 0. The van der Waals surface area contributed by atoms with Crippen LogP contribution in [0.15, 0.2) is 0 Å². The van der Waals surface area contributed by atoms with E-state index >= 15 is 0 Å². The molecule has 1 rings (SSSR count). The first-order chi connectivity index (χ1) is 4.96. The Kier molecular flexibility index (Phi) is 2.95. The first-order valence-electron chi connectivity index (χ1n) is 4.96. The molecule has 60 valence electrons. The molecule has 1 aliphatic rings. The molecule has 2 heteroatoms. The predicted octanol–water partition coefficient (Wildman–Crippen LogP) is 3.16. The Hall–Kier alpha value is 0.814. The normalized spacial score (nSPS) is 25.2. The van der Waals surface area contributed by atoms with E-state index in [0.29, 0.717) is 3.71 Å². The zero-order chi connectivity index (χ0) is 8.54. The average Bonchev–Trinajstić information content (AvgIpc) is 1.87. The van der Waals surface area contributed by atoms with Gasteiger partial charge in [-0.3, -0.25) is 0 Å². The van der Waals surface area contributed by atoms with E-state index in [4.69, 9.17) is 0 Å². The Balaban J connectivity index is 2.64. The van der Waals surface area contributed by atoms with Gasteiger partial charge < -0.3 is 0 Å². The molecule has 1 fully saturated rings. The minimum absolute atomic E-state index is 0.646. The summed E-state index contributed by atoms with van der Waals surface area (Å²) in [5.74, 6) is 0. The van der Waals surface area contributed by atoms with Crippen LogP contribution in [0.4, 0.5) is 0 Å². The van der Waals surface area contributed by atoms with E-state index in [0.717, 1.165) is 0 Å². The molecule has 0 nitrogen and oxygen atoms in total. The van der Waals surface area contributed by atoms with Crippen LogP contribution in [-0.2, 0) is 0 Å². The van der Waals surface area contributed by atoms with Crippen molar-refractivity contribution in [1.82, 2.24) is 0 Å². The van der Waals surface area contributed by atoms with Gasteiger partial charge in [-0.2, -0.15) is 0 Å². The Morgan fingerprint density at radius 2 is 1.55 bits per heavy atom. The van der Waals surface area contributed by atoms with Gasteiger partial charge in [-0.1, -0.05) is 0 Å². The van der Waals surface area contributed by atoms with Crippen LogP contribution in [0.1, 0.15) is 33.1 Å². The van der Waals surface area contributed by atoms with Gasteiger partial charge in [0.05, 0.1) is 0 Å². The molecule has 1 saturated heterocycles. The maximum atomic E-state index is 2.60. The molecule has 11 heavy (non-hydrogen) atoms. The van der Waals surface area contributed by atoms with Crippen LogP contribution in [0.2, 0.25) is 22.3 Å². The van der Waals surface area contributed by atoms with Crippen LogP contribution in [0, 0.1) is 0 Å². The molecule has 0 N–H and O–H groups in total. The number of rotatable bonds is 1. The van der Waals surface area contributed by atoms with Gasteiger partial charge in [-0.25, -0.2) is 0 Å². The zero-order valence-electron chi connectivity index (χ0n) is 8.54. The Bertz CT molecular complexity index is 131. The fourth-order valence-electron chi connectivity index (χ4n) is 2.08. The standard InChI is InChI=1S/C9H19Si.Li/c1-9(2)10(3)7-5-4-6-8-10;/h4-8H2,1-3H3;. The zero-order valence-corrected chi connectivity index (χ0v) is 9.54. The third-order valence-electron chi connectivity index (χ3n) is 3.77. The summed E-state index contributed by atoms with van der Waals surface area (Å²) >= 11 is 2.45. The summed E-state index contributed by atoms with van der Waals surface area (Å²) in [6.07, 6.45) is 4.53. The molecule has 0 unspecified atom stereocenters. The molecule has 0 amide bonds. The first-order valence-corrected chi connectivity index (χ1v) is 7.87. The molecule has 1 heterocycles. The van der Waals surface area contributed by atoms with Gasteiger partial charge >= 0.3 is 81.2 Å². The summed E-state index contributed by atoms with van der Waals surface area (Å²) in [6.45, 7) is 7.50. The van der Waals surface area contributed by atoms with Crippen molar-refractivity contribution in [1.29, 1.82) is 0 Å². The monoisotopic (exact) mass is 162 g/mol. The summed E-state index contributed by atoms with van der Waals surface area (Å²) < 4.78 is 0.646. The van der Waals surface area contributed by atoms with E-state index < -0.39 is 8.07 Å². The minimum atomic E-state index is -0.838. The van der Waals surface area contributed by atoms with Crippen molar-refractivity contribution >= 4 is 25.8 Å². The molecule has 0 aromatic heterocycles. The Labute approximate surface area is 81.4 Å². The van der Waals surface area contributed by atoms with Crippen molar-refractivity contribution in [2.75, 3.05) is 0 Å². The predicted molar refractivity (Wildman–Crippen MR) is 54.9 cm³/mol. The molecule has 0 atom stereocenters. The first kappa shape index (κ1) is 9.90. The maximum absolute atomic E-state index is 2.60. The summed E-state index contributed by atoms with van der Waals surface area (Å²) in [5.41, 5.74) is 0. The molecular formula is C9H19LiSi. The molecular weight excluding hydrogens is 143 g/mol. The third-order valence-corrected chi connectivity index (χ3v) is 10.3. The molecule has 0 aromatic rings. The van der Waals surface area contributed by atoms with Gasteiger partial charge in [-0.05, 0) is 0 Å². The molecule has 0 aromatic carbocycles. The van der Waals surface area contributed by atoms with Crippen molar-refractivity contribution in [3.8, 4) is 0 Å². The van der Waals surface area contributed by atoms with E-state index in [1.54, 1.807) is 12.1 Å². The molecule has 0 bridgehead atoms. The Morgan fingerprint density at radius 3 is 1.82 bits per heavy atom. The second-order valence-corrected chi connectivity index (χ2v) is 11.0. The third kappa shape index (κ3) is 2.14. The topological polar surface area (TPSA) is 0 Å². The summed E-state index contributed by atoms with van der Waals surface area (Å²) in [4.78, 5) is 0. The van der Waals surface area contributed by atoms with E-state index in [-0.39, 0.29) is 0 Å². The molecule has 0 saturated carbocycles.